The van der Waals surface area contributed by atoms with Crippen LogP contribution < -0.4 is 11.2 Å². The van der Waals surface area contributed by atoms with Crippen molar-refractivity contribution in [2.45, 2.75) is 46.6 Å². The van der Waals surface area contributed by atoms with Crippen LogP contribution in [0.2, 0.25) is 0 Å². The van der Waals surface area contributed by atoms with Gasteiger partial charge in [-0.1, -0.05) is 20.8 Å². The van der Waals surface area contributed by atoms with Crippen LogP contribution >= 0.6 is 0 Å². The number of fused-ring (bicyclic) bond motifs is 2. The van der Waals surface area contributed by atoms with Crippen LogP contribution in [0.4, 0.5) is 4.39 Å². The van der Waals surface area contributed by atoms with Crippen molar-refractivity contribution < 1.29 is 13.6 Å². The van der Waals surface area contributed by atoms with Crippen LogP contribution in [0.15, 0.2) is 38.6 Å². The molecule has 2 aliphatic carbocycles. The largest absolute Gasteiger partial charge is 0.437 e. The predicted molar refractivity (Wildman–Crippen MR) is 101 cm³/mol. The lowest BCUT2D eigenvalue weighted by molar-refractivity contribution is -0.121. The van der Waals surface area contributed by atoms with Gasteiger partial charge in [0.25, 0.3) is 5.91 Å². The number of carbonyl (C=O) groups excluding carboxylic acids is 1. The molecule has 2 aromatic rings. The Balaban J connectivity index is 1.45. The molecule has 1 amide bonds. The predicted octanol–water partition coefficient (Wildman–Crippen LogP) is 2.96. The first-order valence-corrected chi connectivity index (χ1v) is 9.40. The van der Waals surface area contributed by atoms with Crippen LogP contribution in [-0.2, 0) is 11.3 Å². The van der Waals surface area contributed by atoms with E-state index in [0.717, 1.165) is 23.2 Å². The van der Waals surface area contributed by atoms with E-state index >= 15 is 0 Å². The lowest BCUT2D eigenvalue weighted by Gasteiger charge is -2.34. The summed E-state index contributed by atoms with van der Waals surface area (Å²) in [5, 5.41) is 8.39. The summed E-state index contributed by atoms with van der Waals surface area (Å²) < 4.78 is 19.0. The number of amides is 1. The Morgan fingerprint density at radius 1 is 1.36 bits per heavy atom. The fourth-order valence-electron chi connectivity index (χ4n) is 4.51. The fraction of sp³-hybridized carbons (Fsp3) is 0.500. The van der Waals surface area contributed by atoms with E-state index in [0.29, 0.717) is 11.5 Å². The Kier molecular flexibility index (Phi) is 4.24. The third-order valence-corrected chi connectivity index (χ3v) is 6.82. The number of aromatic nitrogens is 2. The Labute approximate surface area is 161 Å². The third kappa shape index (κ3) is 2.87. The highest BCUT2D eigenvalue weighted by Gasteiger charge is 2.60. The van der Waals surface area contributed by atoms with E-state index in [9.17, 15) is 14.0 Å². The summed E-state index contributed by atoms with van der Waals surface area (Å²) in [6, 6.07) is 5.40. The molecule has 8 heteroatoms. The minimum Gasteiger partial charge on any atom is -0.388 e. The smallest absolute Gasteiger partial charge is 0.388 e. The van der Waals surface area contributed by atoms with E-state index in [4.69, 9.17) is 4.42 Å². The summed E-state index contributed by atoms with van der Waals surface area (Å²) in [6.07, 6.45) is 3.16. The number of hydrogen-bond donors (Lipinski definition) is 1. The molecule has 7 nitrogen and oxygen atoms in total. The molecular formula is C20H23FN4O3. The normalized spacial score (nSPS) is 26.7. The fourth-order valence-corrected chi connectivity index (χ4v) is 4.51. The lowest BCUT2D eigenvalue weighted by Crippen LogP contribution is -2.35. The van der Waals surface area contributed by atoms with Gasteiger partial charge in [-0.25, -0.2) is 14.6 Å². The molecule has 2 atom stereocenters. The number of carbonyl (C=O) groups is 1. The number of benzene rings is 1. The van der Waals surface area contributed by atoms with Crippen molar-refractivity contribution in [3.05, 3.63) is 40.6 Å². The maximum atomic E-state index is 13.0. The van der Waals surface area contributed by atoms with Crippen molar-refractivity contribution in [1.82, 2.24) is 15.2 Å². The number of halogens is 1. The Bertz CT molecular complexity index is 1010. The van der Waals surface area contributed by atoms with Gasteiger partial charge in [0, 0.05) is 16.7 Å². The van der Waals surface area contributed by atoms with Crippen LogP contribution in [0.3, 0.4) is 0 Å². The highest BCUT2D eigenvalue weighted by atomic mass is 19.1. The minimum atomic E-state index is -0.754. The first-order valence-electron chi connectivity index (χ1n) is 9.40. The molecule has 2 bridgehead atoms. The summed E-state index contributed by atoms with van der Waals surface area (Å²) in [7, 11) is 0. The topological polar surface area (TPSA) is 89.5 Å². The minimum absolute atomic E-state index is 0.00850. The monoisotopic (exact) mass is 386 g/mol. The standard InChI is InChI=1S/C20H23FN4O3/c1-19(2)13-8-9-20(19,3)15(10-13)22-23-16(26)11-25-18(27)28-17(24-25)12-4-6-14(21)7-5-12/h4-7,13H,8-11H2,1-3H3,(H,23,26)/b22-15-. The highest BCUT2D eigenvalue weighted by Crippen LogP contribution is 2.63. The van der Waals surface area contributed by atoms with Crippen LogP contribution in [-0.4, -0.2) is 21.4 Å². The molecule has 28 heavy (non-hydrogen) atoms. The van der Waals surface area contributed by atoms with Gasteiger partial charge in [0.2, 0.25) is 5.89 Å². The van der Waals surface area contributed by atoms with Crippen LogP contribution in [0, 0.1) is 22.6 Å². The van der Waals surface area contributed by atoms with Crippen molar-refractivity contribution in [2.24, 2.45) is 21.8 Å². The van der Waals surface area contributed by atoms with E-state index in [1.165, 1.54) is 30.7 Å². The maximum absolute atomic E-state index is 13.0. The van der Waals surface area contributed by atoms with Crippen molar-refractivity contribution in [3.8, 4) is 11.5 Å². The average Bonchev–Trinajstić information content (AvgIpc) is 3.18. The number of nitrogens with one attached hydrogen (secondary N) is 1. The van der Waals surface area contributed by atoms with E-state index in [2.05, 4.69) is 36.4 Å². The second-order valence-electron chi connectivity index (χ2n) is 8.42. The molecular weight excluding hydrogens is 363 g/mol. The molecule has 4 rings (SSSR count). The quantitative estimate of drug-likeness (QED) is 0.818. The van der Waals surface area contributed by atoms with Crippen molar-refractivity contribution in [2.75, 3.05) is 0 Å². The molecule has 0 aliphatic heterocycles. The van der Waals surface area contributed by atoms with Crippen molar-refractivity contribution in [3.63, 3.8) is 0 Å². The number of hydrazone groups is 1. The number of hydrogen-bond acceptors (Lipinski definition) is 5. The highest BCUT2D eigenvalue weighted by molar-refractivity contribution is 5.95. The zero-order chi connectivity index (χ0) is 20.1. The van der Waals surface area contributed by atoms with Gasteiger partial charge in [-0.05, 0) is 54.9 Å². The molecule has 0 radical (unpaired) electrons. The Morgan fingerprint density at radius 2 is 2.07 bits per heavy atom. The molecule has 0 spiro atoms. The molecule has 148 valence electrons. The molecule has 2 saturated carbocycles. The summed E-state index contributed by atoms with van der Waals surface area (Å²) >= 11 is 0. The molecule has 1 aromatic heterocycles. The zero-order valence-electron chi connectivity index (χ0n) is 16.2. The molecule has 1 N–H and O–H groups in total. The second-order valence-corrected chi connectivity index (χ2v) is 8.42. The first-order chi connectivity index (χ1) is 13.2. The maximum Gasteiger partial charge on any atom is 0.437 e. The zero-order valence-corrected chi connectivity index (χ0v) is 16.2. The van der Waals surface area contributed by atoms with E-state index in [1.807, 2.05) is 0 Å². The molecule has 0 saturated heterocycles. The Hall–Kier alpha value is -2.77. The van der Waals surface area contributed by atoms with Crippen molar-refractivity contribution >= 4 is 11.6 Å². The third-order valence-electron chi connectivity index (χ3n) is 6.82. The van der Waals surface area contributed by atoms with Gasteiger partial charge in [-0.15, -0.1) is 5.10 Å². The SMILES string of the molecule is CC12CCC(C/C1=N/NC(=O)Cn1nc(-c3ccc(F)cc3)oc1=O)C2(C)C. The number of rotatable bonds is 4. The molecule has 2 aliphatic rings. The van der Waals surface area contributed by atoms with Gasteiger partial charge in [0.05, 0.1) is 0 Å². The summed E-state index contributed by atoms with van der Waals surface area (Å²) in [6.45, 7) is 6.44. The van der Waals surface area contributed by atoms with Crippen LogP contribution in [0.25, 0.3) is 11.5 Å². The summed E-state index contributed by atoms with van der Waals surface area (Å²) in [5.41, 5.74) is 4.19. The summed E-state index contributed by atoms with van der Waals surface area (Å²) in [4.78, 5) is 24.2. The molecule has 1 aromatic carbocycles. The molecule has 2 unspecified atom stereocenters. The van der Waals surface area contributed by atoms with Gasteiger partial charge < -0.3 is 4.42 Å². The van der Waals surface area contributed by atoms with Gasteiger partial charge in [0.15, 0.2) is 0 Å². The second kappa shape index (κ2) is 6.39. The lowest BCUT2D eigenvalue weighted by atomic mass is 9.70. The van der Waals surface area contributed by atoms with Gasteiger partial charge in [-0.3, -0.25) is 4.79 Å². The van der Waals surface area contributed by atoms with E-state index in [-0.39, 0.29) is 23.3 Å². The van der Waals surface area contributed by atoms with E-state index < -0.39 is 17.5 Å². The van der Waals surface area contributed by atoms with Gasteiger partial charge in [0.1, 0.15) is 12.4 Å². The number of nitrogens with zero attached hydrogens (tertiary/aromatic N) is 3. The van der Waals surface area contributed by atoms with Gasteiger partial charge >= 0.3 is 5.76 Å². The van der Waals surface area contributed by atoms with E-state index in [1.54, 1.807) is 0 Å². The van der Waals surface area contributed by atoms with Gasteiger partial charge in [-0.2, -0.15) is 9.78 Å². The first kappa shape index (κ1) is 18.6. The summed E-state index contributed by atoms with van der Waals surface area (Å²) in [5.74, 6) is -0.981. The molecule has 2 fully saturated rings. The van der Waals surface area contributed by atoms with Crippen LogP contribution in [0.1, 0.15) is 40.0 Å². The Morgan fingerprint density at radius 3 is 2.68 bits per heavy atom. The average molecular weight is 386 g/mol. The molecule has 1 heterocycles. The van der Waals surface area contributed by atoms with Crippen molar-refractivity contribution in [1.29, 1.82) is 0 Å². The van der Waals surface area contributed by atoms with Crippen LogP contribution in [0.5, 0.6) is 0 Å².